The van der Waals surface area contributed by atoms with E-state index in [2.05, 4.69) is 0 Å². The molecule has 0 fully saturated rings. The molecule has 0 atom stereocenters. The molecule has 1 aromatic carbocycles. The van der Waals surface area contributed by atoms with Crippen LogP contribution in [0.5, 0.6) is 0 Å². The zero-order valence-electron chi connectivity index (χ0n) is 14.2. The number of ether oxygens (including phenoxy) is 1. The van der Waals surface area contributed by atoms with Crippen LogP contribution in [0.1, 0.15) is 38.2 Å². The van der Waals surface area contributed by atoms with Gasteiger partial charge in [-0.3, -0.25) is 14.4 Å². The molecule has 0 aromatic heterocycles. The van der Waals surface area contributed by atoms with Crippen molar-refractivity contribution in [3.8, 4) is 0 Å². The van der Waals surface area contributed by atoms with E-state index in [1.807, 2.05) is 0 Å². The van der Waals surface area contributed by atoms with Crippen LogP contribution in [0.15, 0.2) is 34.4 Å². The van der Waals surface area contributed by atoms with E-state index >= 15 is 0 Å². The molecule has 0 bridgehead atoms. The molecule has 1 heterocycles. The van der Waals surface area contributed by atoms with Gasteiger partial charge in [0.1, 0.15) is 6.61 Å². The van der Waals surface area contributed by atoms with Crippen LogP contribution in [0.3, 0.4) is 0 Å². The third kappa shape index (κ3) is 3.69. The molecule has 0 saturated heterocycles. The van der Waals surface area contributed by atoms with Gasteiger partial charge in [-0.15, -0.1) is 0 Å². The van der Waals surface area contributed by atoms with Gasteiger partial charge in [-0.1, -0.05) is 23.2 Å². The van der Waals surface area contributed by atoms with Gasteiger partial charge < -0.3 is 4.74 Å². The largest absolute Gasteiger partial charge is 0.460 e. The molecular weight excluding hydrogens is 377 g/mol. The van der Waals surface area contributed by atoms with Gasteiger partial charge >= 0.3 is 5.97 Å². The smallest absolute Gasteiger partial charge is 0.302 e. The van der Waals surface area contributed by atoms with E-state index in [1.165, 1.54) is 11.8 Å². The average molecular weight is 394 g/mol. The number of carbonyl (C=O) groups is 3. The Labute approximate surface area is 161 Å². The van der Waals surface area contributed by atoms with Crippen molar-refractivity contribution >= 4 is 52.7 Å². The van der Waals surface area contributed by atoms with Gasteiger partial charge in [0.25, 0.3) is 11.8 Å². The van der Waals surface area contributed by atoms with Gasteiger partial charge in [0.05, 0.1) is 10.7 Å². The fourth-order valence-electron chi connectivity index (χ4n) is 3.14. The molecule has 26 heavy (non-hydrogen) atoms. The van der Waals surface area contributed by atoms with E-state index < -0.39 is 5.97 Å². The second-order valence-corrected chi connectivity index (χ2v) is 7.08. The lowest BCUT2D eigenvalue weighted by molar-refractivity contribution is -0.139. The molecule has 0 radical (unpaired) electrons. The first-order valence-corrected chi connectivity index (χ1v) is 9.04. The molecule has 2 amide bonds. The molecule has 3 rings (SSSR count). The molecule has 1 aliphatic carbocycles. The summed E-state index contributed by atoms with van der Waals surface area (Å²) in [6.07, 6.45) is 4.68. The molecule has 7 heteroatoms. The van der Waals surface area contributed by atoms with Crippen LogP contribution in [0.25, 0.3) is 6.08 Å². The second-order valence-electron chi connectivity index (χ2n) is 6.19. The van der Waals surface area contributed by atoms with Crippen LogP contribution in [0.4, 0.5) is 5.69 Å². The van der Waals surface area contributed by atoms with Gasteiger partial charge in [0.2, 0.25) is 0 Å². The SMILES string of the molecule is CC(=O)OCC(Cl)=Cc1cc(N2C(=O)C3=C(CCCC3)C2=O)ccc1Cl. The van der Waals surface area contributed by atoms with Crippen molar-refractivity contribution in [2.24, 2.45) is 0 Å². The Balaban J connectivity index is 1.89. The zero-order chi connectivity index (χ0) is 18.8. The second kappa shape index (κ2) is 7.64. The highest BCUT2D eigenvalue weighted by molar-refractivity contribution is 6.35. The van der Waals surface area contributed by atoms with Crippen LogP contribution in [-0.2, 0) is 19.1 Å². The molecule has 136 valence electrons. The molecule has 0 unspecified atom stereocenters. The molecule has 1 aliphatic heterocycles. The quantitative estimate of drug-likeness (QED) is 0.567. The van der Waals surface area contributed by atoms with Crippen LogP contribution < -0.4 is 4.90 Å². The third-order valence-electron chi connectivity index (χ3n) is 4.35. The first-order chi connectivity index (χ1) is 12.4. The Bertz CT molecular complexity index is 829. The van der Waals surface area contributed by atoms with Crippen molar-refractivity contribution in [3.63, 3.8) is 0 Å². The molecule has 2 aliphatic rings. The maximum atomic E-state index is 12.7. The molecule has 1 aromatic rings. The summed E-state index contributed by atoms with van der Waals surface area (Å²) in [5.74, 6) is -0.956. The monoisotopic (exact) mass is 393 g/mol. The summed E-state index contributed by atoms with van der Waals surface area (Å²) in [4.78, 5) is 37.4. The normalized spacial score (nSPS) is 17.7. The lowest BCUT2D eigenvalue weighted by atomic mass is 9.93. The number of hydrogen-bond acceptors (Lipinski definition) is 4. The maximum Gasteiger partial charge on any atom is 0.302 e. The number of benzene rings is 1. The summed E-state index contributed by atoms with van der Waals surface area (Å²) >= 11 is 12.3. The average Bonchev–Trinajstić information content (AvgIpc) is 2.87. The number of amides is 2. The van der Waals surface area contributed by atoms with E-state index in [4.69, 9.17) is 27.9 Å². The Morgan fingerprint density at radius 1 is 1.19 bits per heavy atom. The van der Waals surface area contributed by atoms with Crippen molar-refractivity contribution in [1.29, 1.82) is 0 Å². The van der Waals surface area contributed by atoms with Gasteiger partial charge in [0.15, 0.2) is 0 Å². The van der Waals surface area contributed by atoms with E-state index in [9.17, 15) is 14.4 Å². The highest BCUT2D eigenvalue weighted by Gasteiger charge is 2.39. The zero-order valence-corrected chi connectivity index (χ0v) is 15.7. The van der Waals surface area contributed by atoms with Crippen molar-refractivity contribution in [2.75, 3.05) is 11.5 Å². The Morgan fingerprint density at radius 2 is 1.81 bits per heavy atom. The number of rotatable bonds is 4. The first-order valence-electron chi connectivity index (χ1n) is 8.28. The minimum absolute atomic E-state index is 0.0745. The summed E-state index contributed by atoms with van der Waals surface area (Å²) in [6.45, 7) is 1.21. The Hall–Kier alpha value is -2.11. The molecule has 5 nitrogen and oxygen atoms in total. The number of anilines is 1. The van der Waals surface area contributed by atoms with E-state index in [0.29, 0.717) is 40.3 Å². The minimum atomic E-state index is -0.443. The summed E-state index contributed by atoms with van der Waals surface area (Å²) in [7, 11) is 0. The van der Waals surface area contributed by atoms with Gasteiger partial charge in [-0.25, -0.2) is 4.90 Å². The minimum Gasteiger partial charge on any atom is -0.460 e. The fraction of sp³-hybridized carbons (Fsp3) is 0.316. The van der Waals surface area contributed by atoms with Gasteiger partial charge in [0, 0.05) is 23.1 Å². The standard InChI is InChI=1S/C19H17Cl2NO4/c1-11(23)26-10-13(20)8-12-9-14(6-7-17(12)21)22-18(24)15-4-2-3-5-16(15)19(22)25/h6-9H,2-5,10H2,1H3. The van der Waals surface area contributed by atoms with Gasteiger partial charge in [-0.2, -0.15) is 0 Å². The highest BCUT2D eigenvalue weighted by atomic mass is 35.5. The number of nitrogens with zero attached hydrogens (tertiary/aromatic N) is 1. The Kier molecular flexibility index (Phi) is 5.49. The highest BCUT2D eigenvalue weighted by Crippen LogP contribution is 2.36. The number of hydrogen-bond donors (Lipinski definition) is 0. The lowest BCUT2D eigenvalue weighted by Gasteiger charge is -2.16. The molecular formula is C19H17Cl2NO4. The first kappa shape index (κ1) is 18.7. The number of esters is 1. The van der Waals surface area contributed by atoms with Crippen molar-refractivity contribution in [1.82, 2.24) is 0 Å². The lowest BCUT2D eigenvalue weighted by Crippen LogP contribution is -2.31. The van der Waals surface area contributed by atoms with Crippen LogP contribution in [0.2, 0.25) is 5.02 Å². The Morgan fingerprint density at radius 3 is 2.38 bits per heavy atom. The topological polar surface area (TPSA) is 63.7 Å². The van der Waals surface area contributed by atoms with Gasteiger partial charge in [-0.05, 0) is 55.5 Å². The number of imide groups is 1. The predicted octanol–water partition coefficient (Wildman–Crippen LogP) is 4.23. The van der Waals surface area contributed by atoms with Crippen molar-refractivity contribution in [3.05, 3.63) is 45.0 Å². The fourth-order valence-corrected chi connectivity index (χ4v) is 3.48. The predicted molar refractivity (Wildman–Crippen MR) is 99.9 cm³/mol. The summed E-state index contributed by atoms with van der Waals surface area (Å²) < 4.78 is 4.84. The molecule has 0 spiro atoms. The van der Waals surface area contributed by atoms with E-state index in [-0.39, 0.29) is 23.5 Å². The summed E-state index contributed by atoms with van der Waals surface area (Å²) in [5, 5.41) is 0.683. The summed E-state index contributed by atoms with van der Waals surface area (Å²) in [6, 6.07) is 4.87. The molecule has 0 saturated carbocycles. The third-order valence-corrected chi connectivity index (χ3v) is 4.92. The summed E-state index contributed by atoms with van der Waals surface area (Å²) in [5.41, 5.74) is 2.23. The van der Waals surface area contributed by atoms with Crippen molar-refractivity contribution < 1.29 is 19.1 Å². The van der Waals surface area contributed by atoms with E-state index in [1.54, 1.807) is 24.3 Å². The van der Waals surface area contributed by atoms with Crippen LogP contribution >= 0.6 is 23.2 Å². The molecule has 0 N–H and O–H groups in total. The van der Waals surface area contributed by atoms with Crippen LogP contribution in [0, 0.1) is 0 Å². The van der Waals surface area contributed by atoms with Crippen LogP contribution in [-0.4, -0.2) is 24.4 Å². The number of carbonyl (C=O) groups excluding carboxylic acids is 3. The maximum absolute atomic E-state index is 12.7. The van der Waals surface area contributed by atoms with Crippen molar-refractivity contribution in [2.45, 2.75) is 32.6 Å². The van der Waals surface area contributed by atoms with E-state index in [0.717, 1.165) is 12.8 Å². The number of halogens is 2.